The number of hydrogen-bond acceptors (Lipinski definition) is 6. The molecule has 90 valence electrons. The molecule has 4 N–H and O–H groups in total. The first-order chi connectivity index (χ1) is 7.80. The molecule has 0 radical (unpaired) electrons. The van der Waals surface area contributed by atoms with Crippen molar-refractivity contribution >= 4 is 11.6 Å². The van der Waals surface area contributed by atoms with E-state index in [-0.39, 0.29) is 13.2 Å². The Morgan fingerprint density at radius 3 is 2.56 bits per heavy atom. The van der Waals surface area contributed by atoms with Crippen LogP contribution in [0, 0.1) is 0 Å². The fraction of sp³-hybridized carbons (Fsp3) is 0.600. The predicted molar refractivity (Wildman–Crippen MR) is 62.4 cm³/mol. The molecule has 0 aliphatic heterocycles. The summed E-state index contributed by atoms with van der Waals surface area (Å²) >= 11 is 0. The summed E-state index contributed by atoms with van der Waals surface area (Å²) in [6, 6.07) is -0.407. The van der Waals surface area contributed by atoms with Crippen molar-refractivity contribution in [1.82, 2.24) is 9.97 Å². The van der Waals surface area contributed by atoms with Gasteiger partial charge in [0.05, 0.1) is 31.6 Å². The second-order valence-electron chi connectivity index (χ2n) is 3.42. The highest BCUT2D eigenvalue weighted by atomic mass is 16.3. The smallest absolute Gasteiger partial charge is 0.147 e. The first-order valence-electron chi connectivity index (χ1n) is 5.34. The van der Waals surface area contributed by atoms with Crippen molar-refractivity contribution < 1.29 is 10.2 Å². The predicted octanol–water partition coefficient (Wildman–Crippen LogP) is 0.0636. The van der Waals surface area contributed by atoms with Gasteiger partial charge in [0.25, 0.3) is 0 Å². The van der Waals surface area contributed by atoms with Crippen molar-refractivity contribution in [3.8, 4) is 0 Å². The Morgan fingerprint density at radius 2 is 1.94 bits per heavy atom. The molecule has 1 aromatic rings. The Bertz CT molecular complexity index is 305. The number of rotatable bonds is 7. The SMILES string of the molecule is CCCNc1cncc(NC(CO)CO)n1. The molecule has 6 heteroatoms. The van der Waals surface area contributed by atoms with Gasteiger partial charge in [0.15, 0.2) is 0 Å². The molecule has 0 spiro atoms. The van der Waals surface area contributed by atoms with Gasteiger partial charge in [0, 0.05) is 6.54 Å². The fourth-order valence-corrected chi connectivity index (χ4v) is 1.13. The molecular formula is C10H18N4O2. The zero-order valence-electron chi connectivity index (χ0n) is 9.35. The molecule has 0 amide bonds. The van der Waals surface area contributed by atoms with Crippen LogP contribution in [0.5, 0.6) is 0 Å². The molecule has 1 heterocycles. The van der Waals surface area contributed by atoms with Gasteiger partial charge < -0.3 is 20.8 Å². The Labute approximate surface area is 94.7 Å². The number of aliphatic hydroxyl groups excluding tert-OH is 2. The maximum atomic E-state index is 8.91. The normalized spacial score (nSPS) is 10.5. The standard InChI is InChI=1S/C10H18N4O2/c1-2-3-12-9-4-11-5-10(14-9)13-8(6-15)7-16/h4-5,8,15-16H,2-3,6-7H2,1H3,(H2,12,13,14). The number of aromatic nitrogens is 2. The minimum atomic E-state index is -0.407. The van der Waals surface area contributed by atoms with Crippen LogP contribution in [0.4, 0.5) is 11.6 Å². The fourth-order valence-electron chi connectivity index (χ4n) is 1.13. The Morgan fingerprint density at radius 1 is 1.25 bits per heavy atom. The molecule has 6 nitrogen and oxygen atoms in total. The van der Waals surface area contributed by atoms with Gasteiger partial charge in [-0.2, -0.15) is 0 Å². The molecule has 0 aromatic carbocycles. The zero-order valence-corrected chi connectivity index (χ0v) is 9.35. The van der Waals surface area contributed by atoms with Crippen LogP contribution >= 0.6 is 0 Å². The summed E-state index contributed by atoms with van der Waals surface area (Å²) in [6.45, 7) is 2.60. The topological polar surface area (TPSA) is 90.3 Å². The van der Waals surface area contributed by atoms with E-state index in [9.17, 15) is 0 Å². The van der Waals surface area contributed by atoms with Gasteiger partial charge in [0.1, 0.15) is 11.6 Å². The van der Waals surface area contributed by atoms with E-state index in [0.717, 1.165) is 13.0 Å². The van der Waals surface area contributed by atoms with E-state index in [4.69, 9.17) is 10.2 Å². The summed E-state index contributed by atoms with van der Waals surface area (Å²) < 4.78 is 0. The van der Waals surface area contributed by atoms with Crippen molar-refractivity contribution in [3.63, 3.8) is 0 Å². The maximum absolute atomic E-state index is 8.91. The van der Waals surface area contributed by atoms with Gasteiger partial charge >= 0.3 is 0 Å². The summed E-state index contributed by atoms with van der Waals surface area (Å²) in [5, 5.41) is 23.8. The number of nitrogens with one attached hydrogen (secondary N) is 2. The van der Waals surface area contributed by atoms with Crippen LogP contribution in [-0.2, 0) is 0 Å². The van der Waals surface area contributed by atoms with Crippen molar-refractivity contribution in [3.05, 3.63) is 12.4 Å². The van der Waals surface area contributed by atoms with Crippen molar-refractivity contribution in [2.75, 3.05) is 30.4 Å². The van der Waals surface area contributed by atoms with E-state index in [1.807, 2.05) is 0 Å². The van der Waals surface area contributed by atoms with Crippen molar-refractivity contribution in [1.29, 1.82) is 0 Å². The monoisotopic (exact) mass is 226 g/mol. The number of aliphatic hydroxyl groups is 2. The summed E-state index contributed by atoms with van der Waals surface area (Å²) in [5.41, 5.74) is 0. The average Bonchev–Trinajstić information content (AvgIpc) is 2.34. The first-order valence-corrected chi connectivity index (χ1v) is 5.34. The van der Waals surface area contributed by atoms with Gasteiger partial charge in [-0.25, -0.2) is 4.98 Å². The first kappa shape index (κ1) is 12.7. The third-order valence-electron chi connectivity index (χ3n) is 1.98. The minimum Gasteiger partial charge on any atom is -0.394 e. The molecule has 0 bridgehead atoms. The Balaban J connectivity index is 2.59. The van der Waals surface area contributed by atoms with Crippen LogP contribution in [0.2, 0.25) is 0 Å². The lowest BCUT2D eigenvalue weighted by Gasteiger charge is -2.14. The second-order valence-corrected chi connectivity index (χ2v) is 3.42. The minimum absolute atomic E-state index is 0.148. The van der Waals surface area contributed by atoms with E-state index in [1.54, 1.807) is 12.4 Å². The van der Waals surface area contributed by atoms with Crippen LogP contribution in [0.1, 0.15) is 13.3 Å². The third-order valence-corrected chi connectivity index (χ3v) is 1.98. The van der Waals surface area contributed by atoms with E-state index < -0.39 is 6.04 Å². The lowest BCUT2D eigenvalue weighted by molar-refractivity contribution is 0.203. The van der Waals surface area contributed by atoms with Gasteiger partial charge in [0.2, 0.25) is 0 Å². The summed E-state index contributed by atoms with van der Waals surface area (Å²) in [6.07, 6.45) is 4.19. The quantitative estimate of drug-likeness (QED) is 0.526. The number of nitrogens with zero attached hydrogens (tertiary/aromatic N) is 2. The van der Waals surface area contributed by atoms with Gasteiger partial charge in [-0.05, 0) is 6.42 Å². The van der Waals surface area contributed by atoms with Crippen LogP contribution in [0.15, 0.2) is 12.4 Å². The molecule has 0 aliphatic carbocycles. The van der Waals surface area contributed by atoms with Crippen LogP contribution in [0.25, 0.3) is 0 Å². The second kappa shape index (κ2) is 6.97. The molecule has 0 atom stereocenters. The van der Waals surface area contributed by atoms with Crippen molar-refractivity contribution in [2.45, 2.75) is 19.4 Å². The zero-order chi connectivity index (χ0) is 11.8. The molecule has 1 rings (SSSR count). The highest BCUT2D eigenvalue weighted by Crippen LogP contribution is 2.07. The highest BCUT2D eigenvalue weighted by Gasteiger charge is 2.06. The maximum Gasteiger partial charge on any atom is 0.147 e. The summed E-state index contributed by atoms with van der Waals surface area (Å²) in [5.74, 6) is 1.22. The lowest BCUT2D eigenvalue weighted by Crippen LogP contribution is -2.28. The van der Waals surface area contributed by atoms with E-state index >= 15 is 0 Å². The molecule has 0 saturated carbocycles. The Kier molecular flexibility index (Phi) is 5.52. The summed E-state index contributed by atoms with van der Waals surface area (Å²) in [7, 11) is 0. The largest absolute Gasteiger partial charge is 0.394 e. The van der Waals surface area contributed by atoms with Crippen LogP contribution < -0.4 is 10.6 Å². The molecule has 0 unspecified atom stereocenters. The van der Waals surface area contributed by atoms with E-state index in [1.165, 1.54) is 0 Å². The number of anilines is 2. The van der Waals surface area contributed by atoms with Crippen LogP contribution in [-0.4, -0.2) is 46.0 Å². The Hall–Kier alpha value is -1.40. The van der Waals surface area contributed by atoms with Gasteiger partial charge in [-0.15, -0.1) is 0 Å². The lowest BCUT2D eigenvalue weighted by atomic mass is 10.3. The molecule has 0 fully saturated rings. The summed E-state index contributed by atoms with van der Waals surface area (Å²) in [4.78, 5) is 8.25. The molecule has 0 saturated heterocycles. The van der Waals surface area contributed by atoms with E-state index in [2.05, 4.69) is 27.5 Å². The molecule has 1 aromatic heterocycles. The highest BCUT2D eigenvalue weighted by molar-refractivity contribution is 5.42. The van der Waals surface area contributed by atoms with E-state index in [0.29, 0.717) is 11.6 Å². The molecular weight excluding hydrogens is 208 g/mol. The van der Waals surface area contributed by atoms with Crippen molar-refractivity contribution in [2.24, 2.45) is 0 Å². The molecule has 0 aliphatic rings. The van der Waals surface area contributed by atoms with Crippen LogP contribution in [0.3, 0.4) is 0 Å². The average molecular weight is 226 g/mol. The van der Waals surface area contributed by atoms with Gasteiger partial charge in [-0.3, -0.25) is 4.98 Å². The molecule has 16 heavy (non-hydrogen) atoms. The number of hydrogen-bond donors (Lipinski definition) is 4. The van der Waals surface area contributed by atoms with Gasteiger partial charge in [-0.1, -0.05) is 6.92 Å². The third kappa shape index (κ3) is 4.00.